The van der Waals surface area contributed by atoms with Gasteiger partial charge in [-0.15, -0.1) is 23.5 Å². The highest BCUT2D eigenvalue weighted by atomic mass is 32.2. The van der Waals surface area contributed by atoms with E-state index in [0.717, 1.165) is 0 Å². The molecular formula is C4H4S2. The van der Waals surface area contributed by atoms with Gasteiger partial charge in [-0.2, -0.15) is 0 Å². The lowest BCUT2D eigenvalue weighted by molar-refractivity contribution is 2.42. The third kappa shape index (κ3) is 1.11. The molecule has 1 heterocycles. The lowest BCUT2D eigenvalue weighted by atomic mass is 11.2. The first-order valence-electron chi connectivity index (χ1n) is 2.03. The Labute approximate surface area is 47.1 Å². The topological polar surface area (TPSA) is 0 Å². The minimum absolute atomic E-state index is 0.632. The molecule has 32 valence electrons. The summed E-state index contributed by atoms with van der Waals surface area (Å²) in [7, 11) is 0. The highest BCUT2D eigenvalue weighted by Crippen LogP contribution is 2.18. The molecule has 0 aliphatic carbocycles. The second-order valence-electron chi connectivity index (χ2n) is 0.762. The van der Waals surface area contributed by atoms with Crippen LogP contribution in [0.5, 0.6) is 0 Å². The van der Waals surface area contributed by atoms with Gasteiger partial charge in [-0.3, -0.25) is 0 Å². The minimum atomic E-state index is 0.632. The summed E-state index contributed by atoms with van der Waals surface area (Å²) in [5.74, 6) is 0. The number of thioether (sulfide) groups is 2. The summed E-state index contributed by atoms with van der Waals surface area (Å²) in [5, 5.41) is 6.31. The SMILES string of the molecule is [3H]C1=CSC=CS1. The van der Waals surface area contributed by atoms with Crippen molar-refractivity contribution >= 4 is 23.5 Å². The monoisotopic (exact) mass is 118 g/mol. The van der Waals surface area contributed by atoms with E-state index in [-0.39, 0.29) is 0 Å². The van der Waals surface area contributed by atoms with E-state index in [1.165, 1.54) is 11.8 Å². The second kappa shape index (κ2) is 2.37. The Morgan fingerprint density at radius 2 is 2.00 bits per heavy atom. The Morgan fingerprint density at radius 1 is 1.17 bits per heavy atom. The zero-order valence-electron chi connectivity index (χ0n) is 4.05. The van der Waals surface area contributed by atoms with Crippen LogP contribution in [0.3, 0.4) is 0 Å². The number of hydrogen-bond acceptors (Lipinski definition) is 2. The molecule has 0 radical (unpaired) electrons. The molecule has 0 fully saturated rings. The zero-order valence-corrected chi connectivity index (χ0v) is 4.68. The van der Waals surface area contributed by atoms with Crippen molar-refractivity contribution in [2.75, 3.05) is 0 Å². The van der Waals surface area contributed by atoms with Crippen LogP contribution in [0.15, 0.2) is 21.6 Å². The van der Waals surface area contributed by atoms with E-state index in [4.69, 9.17) is 1.37 Å². The average molecular weight is 118 g/mol. The molecule has 0 atom stereocenters. The van der Waals surface area contributed by atoms with Crippen LogP contribution in [0.25, 0.3) is 0 Å². The highest BCUT2D eigenvalue weighted by Gasteiger charge is 1.76. The third-order valence-corrected chi connectivity index (χ3v) is 1.78. The summed E-state index contributed by atoms with van der Waals surface area (Å²) in [6.07, 6.45) is 0. The molecule has 0 aromatic carbocycles. The van der Waals surface area contributed by atoms with Crippen LogP contribution in [0.4, 0.5) is 0 Å². The molecule has 2 heteroatoms. The molecule has 0 saturated carbocycles. The van der Waals surface area contributed by atoms with Crippen molar-refractivity contribution in [3.05, 3.63) is 21.6 Å². The number of hydrogen-bond donors (Lipinski definition) is 0. The van der Waals surface area contributed by atoms with Gasteiger partial charge in [0.15, 0.2) is 0 Å². The smallest absolute Gasteiger partial charge is 0.0706 e. The quantitative estimate of drug-likeness (QED) is 0.479. The molecule has 0 nitrogen and oxygen atoms in total. The fourth-order valence-corrected chi connectivity index (χ4v) is 1.27. The molecular weight excluding hydrogens is 112 g/mol. The van der Waals surface area contributed by atoms with Crippen molar-refractivity contribution in [1.29, 1.82) is 0 Å². The van der Waals surface area contributed by atoms with Crippen molar-refractivity contribution in [2.45, 2.75) is 0 Å². The van der Waals surface area contributed by atoms with Crippen LogP contribution < -0.4 is 0 Å². The molecule has 0 spiro atoms. The Hall–Kier alpha value is 0.180. The van der Waals surface area contributed by atoms with Crippen LogP contribution in [-0.4, -0.2) is 0 Å². The van der Waals surface area contributed by atoms with Crippen LogP contribution in [0.1, 0.15) is 1.37 Å². The first-order chi connectivity index (χ1) is 3.39. The molecule has 1 aliphatic heterocycles. The van der Waals surface area contributed by atoms with Gasteiger partial charge in [0.1, 0.15) is 0 Å². The predicted molar refractivity (Wildman–Crippen MR) is 33.5 cm³/mol. The maximum atomic E-state index is 7.02. The molecule has 6 heavy (non-hydrogen) atoms. The predicted octanol–water partition coefficient (Wildman–Crippen LogP) is 2.41. The maximum Gasteiger partial charge on any atom is 0.0706 e. The van der Waals surface area contributed by atoms with Crippen molar-refractivity contribution in [3.8, 4) is 0 Å². The first-order valence-corrected chi connectivity index (χ1v) is 3.36. The van der Waals surface area contributed by atoms with Gasteiger partial charge in [0, 0.05) is 0 Å². The van der Waals surface area contributed by atoms with Gasteiger partial charge in [0.25, 0.3) is 0 Å². The van der Waals surface area contributed by atoms with Gasteiger partial charge in [-0.05, 0) is 21.6 Å². The van der Waals surface area contributed by atoms with Crippen LogP contribution in [0, 0.1) is 0 Å². The molecule has 0 unspecified atom stereocenters. The minimum Gasteiger partial charge on any atom is -0.105 e. The van der Waals surface area contributed by atoms with E-state index in [1.807, 2.05) is 16.2 Å². The molecule has 1 rings (SSSR count). The van der Waals surface area contributed by atoms with Crippen LogP contribution in [-0.2, 0) is 0 Å². The van der Waals surface area contributed by atoms with Gasteiger partial charge >= 0.3 is 0 Å². The van der Waals surface area contributed by atoms with Gasteiger partial charge in [0.2, 0.25) is 0 Å². The van der Waals surface area contributed by atoms with E-state index in [1.54, 1.807) is 11.8 Å². The largest absolute Gasteiger partial charge is 0.105 e. The first kappa shape index (κ1) is 3.22. The average Bonchev–Trinajstić information content (AvgIpc) is 1.69. The second-order valence-corrected chi connectivity index (χ2v) is 2.29. The summed E-state index contributed by atoms with van der Waals surface area (Å²) in [4.78, 5) is 0. The van der Waals surface area contributed by atoms with Crippen LogP contribution >= 0.6 is 23.5 Å². The van der Waals surface area contributed by atoms with Gasteiger partial charge in [0.05, 0.1) is 1.37 Å². The van der Waals surface area contributed by atoms with E-state index in [9.17, 15) is 0 Å². The Morgan fingerprint density at radius 3 is 2.33 bits per heavy atom. The fraction of sp³-hybridized carbons (Fsp3) is 0. The van der Waals surface area contributed by atoms with Gasteiger partial charge in [-0.25, -0.2) is 0 Å². The van der Waals surface area contributed by atoms with Gasteiger partial charge < -0.3 is 0 Å². The van der Waals surface area contributed by atoms with Crippen molar-refractivity contribution in [3.63, 3.8) is 0 Å². The molecule has 0 N–H and O–H groups in total. The Balaban J connectivity index is 2.50. The van der Waals surface area contributed by atoms with E-state index in [2.05, 4.69) is 0 Å². The maximum absolute atomic E-state index is 7.02. The third-order valence-electron chi connectivity index (χ3n) is 0.386. The van der Waals surface area contributed by atoms with E-state index in [0.29, 0.717) is 5.38 Å². The van der Waals surface area contributed by atoms with Gasteiger partial charge in [-0.1, -0.05) is 0 Å². The standard InChI is InChI=1S/C4H4S2/c1-2-6-4-3-5-1/h1-4H/i1T. The summed E-state index contributed by atoms with van der Waals surface area (Å²) < 4.78 is 7.02. The van der Waals surface area contributed by atoms with E-state index >= 15 is 0 Å². The summed E-state index contributed by atoms with van der Waals surface area (Å²) in [6, 6.07) is 0. The number of rotatable bonds is 0. The lowest BCUT2D eigenvalue weighted by Crippen LogP contribution is -1.49. The van der Waals surface area contributed by atoms with Crippen molar-refractivity contribution in [2.24, 2.45) is 0 Å². The normalized spacial score (nSPS) is 22.7. The van der Waals surface area contributed by atoms with Crippen molar-refractivity contribution in [1.82, 2.24) is 0 Å². The Bertz CT molecular complexity index is 117. The lowest BCUT2D eigenvalue weighted by Gasteiger charge is -1.86. The summed E-state index contributed by atoms with van der Waals surface area (Å²) in [5.41, 5.74) is 0. The molecule has 0 amide bonds. The fourth-order valence-electron chi connectivity index (χ4n) is 0.194. The molecule has 0 aromatic heterocycles. The molecule has 0 saturated heterocycles. The highest BCUT2D eigenvalue weighted by molar-refractivity contribution is 8.11. The molecule has 0 aromatic rings. The van der Waals surface area contributed by atoms with Crippen LogP contribution in [0.2, 0.25) is 0 Å². The van der Waals surface area contributed by atoms with Crippen molar-refractivity contribution < 1.29 is 1.37 Å². The summed E-state index contributed by atoms with van der Waals surface area (Å²) >= 11 is 3.00. The Kier molecular flexibility index (Phi) is 1.27. The zero-order chi connectivity index (χ0) is 5.11. The molecule has 0 bridgehead atoms. The molecule has 1 aliphatic rings. The van der Waals surface area contributed by atoms with E-state index < -0.39 is 0 Å². The summed E-state index contributed by atoms with van der Waals surface area (Å²) in [6.45, 7) is 0.